The number of hydrogen-bond acceptors (Lipinski definition) is 4. The number of nitrogens with one attached hydrogen (secondary N) is 1. The van der Waals surface area contributed by atoms with Crippen molar-refractivity contribution in [3.63, 3.8) is 0 Å². The topological polar surface area (TPSA) is 55.0 Å². The monoisotopic (exact) mass is 268 g/mol. The number of ether oxygens (including phenoxy) is 1. The van der Waals surface area contributed by atoms with Crippen LogP contribution in [-0.4, -0.2) is 28.4 Å². The third-order valence-corrected chi connectivity index (χ3v) is 3.96. The van der Waals surface area contributed by atoms with Crippen LogP contribution in [-0.2, 0) is 11.2 Å². The van der Waals surface area contributed by atoms with E-state index >= 15 is 0 Å². The first-order valence-corrected chi connectivity index (χ1v) is 7.61. The molecule has 1 fully saturated rings. The maximum Gasteiger partial charge on any atom is 0.251 e. The van der Waals surface area contributed by atoms with Crippen molar-refractivity contribution in [2.75, 3.05) is 12.4 Å². The van der Waals surface area contributed by atoms with Crippen LogP contribution >= 0.6 is 11.8 Å². The predicted octanol–water partition coefficient (Wildman–Crippen LogP) is 2.38. The molecule has 1 aliphatic rings. The summed E-state index contributed by atoms with van der Waals surface area (Å²) in [5, 5.41) is 0.722. The van der Waals surface area contributed by atoms with Gasteiger partial charge in [-0.15, -0.1) is 0 Å². The fraction of sp³-hybridized carbons (Fsp3) is 0.692. The Labute approximate surface area is 112 Å². The molecule has 5 heteroatoms. The van der Waals surface area contributed by atoms with E-state index in [0.717, 1.165) is 42.5 Å². The molecule has 1 N–H and O–H groups in total. The lowest BCUT2D eigenvalue weighted by Gasteiger charge is -2.21. The Kier molecular flexibility index (Phi) is 5.26. The maximum atomic E-state index is 11.5. The summed E-state index contributed by atoms with van der Waals surface area (Å²) in [6, 6.07) is 1.59. The Balaban J connectivity index is 1.93. The van der Waals surface area contributed by atoms with Crippen LogP contribution in [0.5, 0.6) is 0 Å². The smallest absolute Gasteiger partial charge is 0.251 e. The number of rotatable bonds is 5. The lowest BCUT2D eigenvalue weighted by Crippen LogP contribution is -2.21. The van der Waals surface area contributed by atoms with Crippen molar-refractivity contribution in [2.24, 2.45) is 0 Å². The predicted molar refractivity (Wildman–Crippen MR) is 73.2 cm³/mol. The molecule has 0 amide bonds. The highest BCUT2D eigenvalue weighted by Gasteiger charge is 2.14. The molecule has 0 radical (unpaired) electrons. The molecule has 0 aliphatic carbocycles. The molecule has 100 valence electrons. The molecule has 4 nitrogen and oxygen atoms in total. The van der Waals surface area contributed by atoms with Gasteiger partial charge in [-0.05, 0) is 25.7 Å². The minimum atomic E-state index is -0.0551. The molecule has 0 spiro atoms. The van der Waals surface area contributed by atoms with Crippen LogP contribution in [0.1, 0.15) is 38.3 Å². The zero-order valence-corrected chi connectivity index (χ0v) is 11.6. The van der Waals surface area contributed by atoms with Crippen molar-refractivity contribution in [2.45, 2.75) is 50.3 Å². The molecular formula is C13H20N2O2S. The average molecular weight is 268 g/mol. The quantitative estimate of drug-likeness (QED) is 0.658. The van der Waals surface area contributed by atoms with E-state index in [4.69, 9.17) is 4.74 Å². The second kappa shape index (κ2) is 6.95. The van der Waals surface area contributed by atoms with E-state index in [9.17, 15) is 4.79 Å². The number of H-pyrrole nitrogens is 1. The summed E-state index contributed by atoms with van der Waals surface area (Å²) >= 11 is 1.59. The molecule has 18 heavy (non-hydrogen) atoms. The Morgan fingerprint density at radius 2 is 2.44 bits per heavy atom. The van der Waals surface area contributed by atoms with E-state index in [1.54, 1.807) is 17.8 Å². The lowest BCUT2D eigenvalue weighted by atomic mass is 10.1. The SMILES string of the molecule is CCCc1cc(=O)[nH]c(SCC2CCCCO2)n1. The minimum absolute atomic E-state index is 0.0551. The normalized spacial score (nSPS) is 19.9. The highest BCUT2D eigenvalue weighted by atomic mass is 32.2. The van der Waals surface area contributed by atoms with Crippen molar-refractivity contribution in [3.8, 4) is 0 Å². The fourth-order valence-corrected chi connectivity index (χ4v) is 3.01. The van der Waals surface area contributed by atoms with E-state index in [0.29, 0.717) is 6.10 Å². The summed E-state index contributed by atoms with van der Waals surface area (Å²) in [7, 11) is 0. The average Bonchev–Trinajstić information content (AvgIpc) is 2.37. The van der Waals surface area contributed by atoms with E-state index < -0.39 is 0 Å². The van der Waals surface area contributed by atoms with Crippen LogP contribution < -0.4 is 5.56 Å². The van der Waals surface area contributed by atoms with Crippen molar-refractivity contribution < 1.29 is 4.74 Å². The first-order valence-electron chi connectivity index (χ1n) is 6.62. The molecule has 1 atom stereocenters. The van der Waals surface area contributed by atoms with Crippen LogP contribution in [0.3, 0.4) is 0 Å². The van der Waals surface area contributed by atoms with E-state index in [2.05, 4.69) is 16.9 Å². The van der Waals surface area contributed by atoms with Gasteiger partial charge in [0.1, 0.15) is 0 Å². The largest absolute Gasteiger partial charge is 0.377 e. The zero-order chi connectivity index (χ0) is 12.8. The summed E-state index contributed by atoms with van der Waals surface area (Å²) in [5.74, 6) is 0.874. The first kappa shape index (κ1) is 13.6. The van der Waals surface area contributed by atoms with Gasteiger partial charge in [0.25, 0.3) is 5.56 Å². The van der Waals surface area contributed by atoms with E-state index in [1.807, 2.05) is 0 Å². The molecule has 0 bridgehead atoms. The van der Waals surface area contributed by atoms with Gasteiger partial charge in [0, 0.05) is 24.1 Å². The first-order chi connectivity index (χ1) is 8.78. The summed E-state index contributed by atoms with van der Waals surface area (Å²) in [6.07, 6.45) is 5.70. The van der Waals surface area contributed by atoms with Crippen LogP contribution in [0.25, 0.3) is 0 Å². The van der Waals surface area contributed by atoms with Gasteiger partial charge in [0.15, 0.2) is 5.16 Å². The highest BCUT2D eigenvalue weighted by molar-refractivity contribution is 7.99. The van der Waals surface area contributed by atoms with Crippen LogP contribution in [0.2, 0.25) is 0 Å². The van der Waals surface area contributed by atoms with Crippen LogP contribution in [0.4, 0.5) is 0 Å². The number of thioether (sulfide) groups is 1. The van der Waals surface area contributed by atoms with E-state index in [-0.39, 0.29) is 5.56 Å². The molecule has 1 unspecified atom stereocenters. The van der Waals surface area contributed by atoms with Gasteiger partial charge < -0.3 is 9.72 Å². The van der Waals surface area contributed by atoms with E-state index in [1.165, 1.54) is 12.8 Å². The van der Waals surface area contributed by atoms with Crippen molar-refractivity contribution >= 4 is 11.8 Å². The van der Waals surface area contributed by atoms with Crippen molar-refractivity contribution in [1.29, 1.82) is 0 Å². The number of aromatic amines is 1. The Morgan fingerprint density at radius 3 is 3.17 bits per heavy atom. The Morgan fingerprint density at radius 1 is 1.56 bits per heavy atom. The van der Waals surface area contributed by atoms with Gasteiger partial charge in [-0.2, -0.15) is 0 Å². The Hall–Kier alpha value is -0.810. The molecule has 1 aromatic rings. The van der Waals surface area contributed by atoms with Crippen molar-refractivity contribution in [1.82, 2.24) is 9.97 Å². The summed E-state index contributed by atoms with van der Waals surface area (Å²) in [5.41, 5.74) is 0.828. The van der Waals surface area contributed by atoms with Crippen LogP contribution in [0, 0.1) is 0 Å². The molecule has 1 aliphatic heterocycles. The number of aryl methyl sites for hydroxylation is 1. The standard InChI is InChI=1S/C13H20N2O2S/c1-2-5-10-8-12(16)15-13(14-10)18-9-11-6-3-4-7-17-11/h8,11H,2-7,9H2,1H3,(H,14,15,16). The molecular weight excluding hydrogens is 248 g/mol. The number of nitrogens with zero attached hydrogens (tertiary/aromatic N) is 1. The molecule has 2 heterocycles. The van der Waals surface area contributed by atoms with Gasteiger partial charge >= 0.3 is 0 Å². The number of hydrogen-bond donors (Lipinski definition) is 1. The van der Waals surface area contributed by atoms with Crippen LogP contribution in [0.15, 0.2) is 16.0 Å². The maximum absolute atomic E-state index is 11.5. The van der Waals surface area contributed by atoms with Gasteiger partial charge in [-0.3, -0.25) is 4.79 Å². The molecule has 0 saturated carbocycles. The van der Waals surface area contributed by atoms with Crippen molar-refractivity contribution in [3.05, 3.63) is 22.1 Å². The second-order valence-electron chi connectivity index (χ2n) is 4.59. The molecule has 1 saturated heterocycles. The number of aromatic nitrogens is 2. The fourth-order valence-electron chi connectivity index (χ4n) is 2.05. The molecule has 2 rings (SSSR count). The second-order valence-corrected chi connectivity index (χ2v) is 5.60. The summed E-state index contributed by atoms with van der Waals surface area (Å²) in [6.45, 7) is 2.95. The van der Waals surface area contributed by atoms with Gasteiger partial charge in [-0.1, -0.05) is 25.1 Å². The van der Waals surface area contributed by atoms with Gasteiger partial charge in [-0.25, -0.2) is 4.98 Å². The third-order valence-electron chi connectivity index (χ3n) is 2.96. The molecule has 0 aromatic carbocycles. The Bertz CT molecular complexity index is 427. The minimum Gasteiger partial charge on any atom is -0.377 e. The highest BCUT2D eigenvalue weighted by Crippen LogP contribution is 2.20. The molecule has 1 aromatic heterocycles. The third kappa shape index (κ3) is 4.14. The lowest BCUT2D eigenvalue weighted by molar-refractivity contribution is 0.0315. The van der Waals surface area contributed by atoms with Gasteiger partial charge in [0.2, 0.25) is 0 Å². The zero-order valence-electron chi connectivity index (χ0n) is 10.8. The summed E-state index contributed by atoms with van der Waals surface area (Å²) in [4.78, 5) is 18.7. The van der Waals surface area contributed by atoms with Gasteiger partial charge in [0.05, 0.1) is 6.10 Å². The summed E-state index contributed by atoms with van der Waals surface area (Å²) < 4.78 is 5.67.